The first kappa shape index (κ1) is 12.9. The lowest BCUT2D eigenvalue weighted by molar-refractivity contribution is 0.0698. The first-order valence-corrected chi connectivity index (χ1v) is 5.63. The number of nitrogen functional groups attached to an aromatic ring is 1. The molecule has 100 valence electrons. The smallest absolute Gasteiger partial charge is 0.337 e. The summed E-state index contributed by atoms with van der Waals surface area (Å²) in [6, 6.07) is 1.35. The van der Waals surface area contributed by atoms with Crippen LogP contribution < -0.4 is 11.1 Å². The highest BCUT2D eigenvalue weighted by molar-refractivity contribution is 5.96. The lowest BCUT2D eigenvalue weighted by Crippen LogP contribution is -2.09. The van der Waals surface area contributed by atoms with E-state index >= 15 is 0 Å². The average Bonchev–Trinajstić information content (AvgIpc) is 2.67. The van der Waals surface area contributed by atoms with Gasteiger partial charge in [-0.05, 0) is 19.9 Å². The molecule has 0 fully saturated rings. The summed E-state index contributed by atoms with van der Waals surface area (Å²) >= 11 is 0. The third-order valence-corrected chi connectivity index (χ3v) is 2.70. The van der Waals surface area contributed by atoms with E-state index in [1.807, 2.05) is 13.8 Å². The van der Waals surface area contributed by atoms with E-state index < -0.39 is 5.97 Å². The zero-order valence-corrected chi connectivity index (χ0v) is 10.6. The molecule has 7 nitrogen and oxygen atoms in total. The van der Waals surface area contributed by atoms with Crippen LogP contribution in [0.15, 0.2) is 16.7 Å². The minimum Gasteiger partial charge on any atom is -0.478 e. The van der Waals surface area contributed by atoms with Crippen molar-refractivity contribution in [2.75, 3.05) is 11.1 Å². The van der Waals surface area contributed by atoms with Crippen LogP contribution in [0.2, 0.25) is 0 Å². The number of pyridine rings is 1. The number of anilines is 2. The number of nitrogens with zero attached hydrogens (tertiary/aromatic N) is 2. The predicted molar refractivity (Wildman–Crippen MR) is 68.9 cm³/mol. The fraction of sp³-hybridized carbons (Fsp3) is 0.250. The molecule has 0 spiro atoms. The van der Waals surface area contributed by atoms with Crippen molar-refractivity contribution in [3.8, 4) is 0 Å². The molecule has 0 aliphatic rings. The summed E-state index contributed by atoms with van der Waals surface area (Å²) in [5, 5.41) is 11.9. The van der Waals surface area contributed by atoms with Crippen LogP contribution in [0.3, 0.4) is 0 Å². The van der Waals surface area contributed by atoms with Crippen LogP contribution in [0.1, 0.15) is 27.7 Å². The fourth-order valence-corrected chi connectivity index (χ4v) is 1.57. The van der Waals surface area contributed by atoms with Gasteiger partial charge < -0.3 is 20.6 Å². The number of hydrogen-bond acceptors (Lipinski definition) is 6. The number of carboxylic acid groups (broad SMARTS) is 1. The average molecular weight is 262 g/mol. The van der Waals surface area contributed by atoms with E-state index in [1.54, 1.807) is 0 Å². The Morgan fingerprint density at radius 1 is 1.53 bits per heavy atom. The van der Waals surface area contributed by atoms with Crippen LogP contribution in [-0.4, -0.2) is 21.0 Å². The molecule has 7 heteroatoms. The molecule has 0 radical (unpaired) electrons. The van der Waals surface area contributed by atoms with Crippen molar-refractivity contribution in [3.63, 3.8) is 0 Å². The highest BCUT2D eigenvalue weighted by atomic mass is 16.4. The van der Waals surface area contributed by atoms with Gasteiger partial charge in [-0.25, -0.2) is 14.8 Å². The maximum Gasteiger partial charge on any atom is 0.337 e. The number of oxazole rings is 1. The number of nitrogens with one attached hydrogen (secondary N) is 1. The number of carboxylic acids is 1. The Bertz CT molecular complexity index is 602. The quantitative estimate of drug-likeness (QED) is 0.766. The SMILES string of the molecule is Cc1nc(CNc2nccc(C(=O)O)c2N)oc1C. The molecule has 0 aromatic carbocycles. The molecule has 0 saturated heterocycles. The Morgan fingerprint density at radius 3 is 2.84 bits per heavy atom. The van der Waals surface area contributed by atoms with Gasteiger partial charge in [0.15, 0.2) is 0 Å². The van der Waals surface area contributed by atoms with E-state index in [0.717, 1.165) is 11.5 Å². The second kappa shape index (κ2) is 4.97. The first-order chi connectivity index (χ1) is 8.99. The highest BCUT2D eigenvalue weighted by Crippen LogP contribution is 2.20. The molecule has 0 aliphatic heterocycles. The molecular weight excluding hydrogens is 248 g/mol. The van der Waals surface area contributed by atoms with Crippen molar-refractivity contribution in [1.82, 2.24) is 9.97 Å². The molecule has 0 bridgehead atoms. The van der Waals surface area contributed by atoms with Crippen molar-refractivity contribution in [1.29, 1.82) is 0 Å². The second-order valence-electron chi connectivity index (χ2n) is 4.03. The molecule has 0 atom stereocenters. The van der Waals surface area contributed by atoms with Gasteiger partial charge in [-0.15, -0.1) is 0 Å². The maximum atomic E-state index is 10.9. The highest BCUT2D eigenvalue weighted by Gasteiger charge is 2.13. The third-order valence-electron chi connectivity index (χ3n) is 2.70. The molecule has 0 unspecified atom stereocenters. The fourth-order valence-electron chi connectivity index (χ4n) is 1.57. The molecule has 4 N–H and O–H groups in total. The van der Waals surface area contributed by atoms with Crippen LogP contribution in [0.25, 0.3) is 0 Å². The summed E-state index contributed by atoms with van der Waals surface area (Å²) in [7, 11) is 0. The van der Waals surface area contributed by atoms with Gasteiger partial charge >= 0.3 is 5.97 Å². The van der Waals surface area contributed by atoms with Crippen molar-refractivity contribution >= 4 is 17.5 Å². The van der Waals surface area contributed by atoms with Crippen molar-refractivity contribution in [3.05, 3.63) is 35.2 Å². The molecule has 0 aliphatic carbocycles. The summed E-state index contributed by atoms with van der Waals surface area (Å²) in [4.78, 5) is 19.1. The monoisotopic (exact) mass is 262 g/mol. The molecule has 2 heterocycles. The molecule has 2 rings (SSSR count). The molecule has 2 aromatic rings. The second-order valence-corrected chi connectivity index (χ2v) is 4.03. The van der Waals surface area contributed by atoms with Crippen LogP contribution in [0, 0.1) is 13.8 Å². The molecular formula is C12H14N4O3. The number of hydrogen-bond donors (Lipinski definition) is 3. The third kappa shape index (κ3) is 2.65. The van der Waals surface area contributed by atoms with E-state index in [0.29, 0.717) is 11.7 Å². The Morgan fingerprint density at radius 2 is 2.26 bits per heavy atom. The van der Waals surface area contributed by atoms with Gasteiger partial charge in [0, 0.05) is 6.20 Å². The number of aryl methyl sites for hydroxylation is 2. The lowest BCUT2D eigenvalue weighted by atomic mass is 10.2. The zero-order valence-electron chi connectivity index (χ0n) is 10.6. The Labute approximate surface area is 109 Å². The number of carbonyl (C=O) groups is 1. The molecule has 19 heavy (non-hydrogen) atoms. The maximum absolute atomic E-state index is 10.9. The van der Waals surface area contributed by atoms with Crippen molar-refractivity contribution in [2.45, 2.75) is 20.4 Å². The summed E-state index contributed by atoms with van der Waals surface area (Å²) in [6.45, 7) is 3.96. The number of nitrogens with two attached hydrogens (primary N) is 1. The van der Waals surface area contributed by atoms with Gasteiger partial charge in [-0.3, -0.25) is 0 Å². The Kier molecular flexibility index (Phi) is 3.37. The topological polar surface area (TPSA) is 114 Å². The van der Waals surface area contributed by atoms with Crippen molar-refractivity contribution in [2.24, 2.45) is 0 Å². The van der Waals surface area contributed by atoms with E-state index in [4.69, 9.17) is 15.3 Å². The largest absolute Gasteiger partial charge is 0.478 e. The molecule has 0 amide bonds. The van der Waals surface area contributed by atoms with E-state index in [1.165, 1.54) is 12.3 Å². The Balaban J connectivity index is 2.16. The zero-order chi connectivity index (χ0) is 14.0. The Hall–Kier alpha value is -2.57. The van der Waals surface area contributed by atoms with E-state index in [2.05, 4.69) is 15.3 Å². The summed E-state index contributed by atoms with van der Waals surface area (Å²) < 4.78 is 5.40. The van der Waals surface area contributed by atoms with Gasteiger partial charge in [0.25, 0.3) is 0 Å². The number of aromatic nitrogens is 2. The van der Waals surface area contributed by atoms with Gasteiger partial charge in [-0.2, -0.15) is 0 Å². The predicted octanol–water partition coefficient (Wildman–Crippen LogP) is 1.58. The van der Waals surface area contributed by atoms with Gasteiger partial charge in [0.2, 0.25) is 5.89 Å². The molecule has 2 aromatic heterocycles. The van der Waals surface area contributed by atoms with Crippen LogP contribution >= 0.6 is 0 Å². The summed E-state index contributed by atoms with van der Waals surface area (Å²) in [6.07, 6.45) is 1.38. The van der Waals surface area contributed by atoms with Gasteiger partial charge in [0.05, 0.1) is 23.5 Å². The number of rotatable bonds is 4. The van der Waals surface area contributed by atoms with Gasteiger partial charge in [0.1, 0.15) is 11.6 Å². The minimum atomic E-state index is -1.09. The minimum absolute atomic E-state index is 0.0114. The lowest BCUT2D eigenvalue weighted by Gasteiger charge is -2.08. The first-order valence-electron chi connectivity index (χ1n) is 5.63. The summed E-state index contributed by atoms with van der Waals surface area (Å²) in [5.74, 6) is 0.452. The van der Waals surface area contributed by atoms with Crippen LogP contribution in [-0.2, 0) is 6.54 Å². The van der Waals surface area contributed by atoms with Crippen LogP contribution in [0.5, 0.6) is 0 Å². The molecule has 0 saturated carbocycles. The van der Waals surface area contributed by atoms with E-state index in [-0.39, 0.29) is 17.8 Å². The van der Waals surface area contributed by atoms with Gasteiger partial charge in [-0.1, -0.05) is 0 Å². The van der Waals surface area contributed by atoms with E-state index in [9.17, 15) is 4.79 Å². The van der Waals surface area contributed by atoms with Crippen molar-refractivity contribution < 1.29 is 14.3 Å². The van der Waals surface area contributed by atoms with Crippen LogP contribution in [0.4, 0.5) is 11.5 Å². The standard InChI is InChI=1S/C12H14N4O3/c1-6-7(2)19-9(16-6)5-15-11-10(13)8(12(17)18)3-4-14-11/h3-4H,5,13H2,1-2H3,(H,14,15)(H,17,18). The normalized spacial score (nSPS) is 10.4. The summed E-state index contributed by atoms with van der Waals surface area (Å²) in [5.41, 5.74) is 6.65. The number of aromatic carboxylic acids is 1.